The van der Waals surface area contributed by atoms with Gasteiger partial charge in [0, 0.05) is 55.9 Å². The fraction of sp³-hybridized carbons (Fsp3) is 0.444. The largest absolute Gasteiger partial charge is 0.363 e. The number of fused-ring (bicyclic) bond motifs is 4. The van der Waals surface area contributed by atoms with Gasteiger partial charge in [0.2, 0.25) is 10.0 Å². The van der Waals surface area contributed by atoms with Crippen molar-refractivity contribution >= 4 is 26.8 Å². The molecule has 0 saturated carbocycles. The molecule has 1 saturated heterocycles. The van der Waals surface area contributed by atoms with E-state index in [0.29, 0.717) is 37.1 Å². The number of carbonyl (C=O) groups excluding carboxylic acids is 1. The Kier molecular flexibility index (Phi) is 5.70. The van der Waals surface area contributed by atoms with Crippen molar-refractivity contribution in [1.82, 2.24) is 13.8 Å². The molecule has 3 aromatic rings. The minimum atomic E-state index is -3.47. The van der Waals surface area contributed by atoms with Gasteiger partial charge in [-0.05, 0) is 61.1 Å². The van der Waals surface area contributed by atoms with Crippen LogP contribution >= 0.6 is 0 Å². The number of hydrogen-bond acceptors (Lipinski definition) is 5. The summed E-state index contributed by atoms with van der Waals surface area (Å²) in [6.07, 6.45) is 3.64. The molecule has 1 aromatic heterocycles. The summed E-state index contributed by atoms with van der Waals surface area (Å²) < 4.78 is 33.7. The molecule has 0 bridgehead atoms. The number of amides is 1. The zero-order valence-corrected chi connectivity index (χ0v) is 20.9. The Bertz CT molecular complexity index is 1410. The fourth-order valence-electron chi connectivity index (χ4n) is 5.86. The third-order valence-corrected chi connectivity index (χ3v) is 9.45. The highest BCUT2D eigenvalue weighted by atomic mass is 32.2. The summed E-state index contributed by atoms with van der Waals surface area (Å²) in [5.74, 6) is 0.0278. The molecular formula is C27H31N3O4S. The van der Waals surface area contributed by atoms with E-state index in [0.717, 1.165) is 49.1 Å². The van der Waals surface area contributed by atoms with Crippen LogP contribution in [0.25, 0.3) is 10.9 Å². The molecule has 0 N–H and O–H groups in total. The Balaban J connectivity index is 1.40. The van der Waals surface area contributed by atoms with E-state index in [9.17, 15) is 13.2 Å². The first-order chi connectivity index (χ1) is 17.0. The van der Waals surface area contributed by atoms with Crippen molar-refractivity contribution in [2.45, 2.75) is 51.9 Å². The Hall–Kier alpha value is -2.68. The highest BCUT2D eigenvalue weighted by Gasteiger charge is 2.33. The highest BCUT2D eigenvalue weighted by Crippen LogP contribution is 2.35. The van der Waals surface area contributed by atoms with E-state index in [2.05, 4.69) is 17.0 Å². The number of carbonyl (C=O) groups is 1. The van der Waals surface area contributed by atoms with Gasteiger partial charge in [-0.2, -0.15) is 0 Å². The molecule has 3 aliphatic rings. The molecule has 1 fully saturated rings. The summed E-state index contributed by atoms with van der Waals surface area (Å²) in [5, 5.41) is 0.864. The summed E-state index contributed by atoms with van der Waals surface area (Å²) in [5.41, 5.74) is 5.65. The van der Waals surface area contributed by atoms with Gasteiger partial charge < -0.3 is 9.64 Å². The van der Waals surface area contributed by atoms with Crippen LogP contribution in [-0.4, -0.2) is 59.8 Å². The molecule has 2 aromatic carbocycles. The second-order valence-corrected chi connectivity index (χ2v) is 11.9. The van der Waals surface area contributed by atoms with E-state index in [1.165, 1.54) is 15.1 Å². The van der Waals surface area contributed by atoms with Crippen molar-refractivity contribution in [1.29, 1.82) is 0 Å². The summed E-state index contributed by atoms with van der Waals surface area (Å²) >= 11 is 0. The Morgan fingerprint density at radius 2 is 1.89 bits per heavy atom. The SMILES string of the molecule is CCS(=O)(=O)n1c2c(c3cc(C(=O)N4CCc5ccccc5C4)ccc31)CN(C1CCCO1)CC2. The summed E-state index contributed by atoms with van der Waals surface area (Å²) in [7, 11) is -3.47. The van der Waals surface area contributed by atoms with Gasteiger partial charge in [-0.25, -0.2) is 12.4 Å². The van der Waals surface area contributed by atoms with Crippen LogP contribution in [0.1, 0.15) is 52.5 Å². The van der Waals surface area contributed by atoms with E-state index in [-0.39, 0.29) is 17.9 Å². The van der Waals surface area contributed by atoms with Crippen LogP contribution in [0.5, 0.6) is 0 Å². The predicted molar refractivity (Wildman–Crippen MR) is 135 cm³/mol. The number of ether oxygens (including phenoxy) is 1. The lowest BCUT2D eigenvalue weighted by Crippen LogP contribution is -2.39. The van der Waals surface area contributed by atoms with Crippen LogP contribution in [0.15, 0.2) is 42.5 Å². The molecule has 7 nitrogen and oxygen atoms in total. The third-order valence-electron chi connectivity index (χ3n) is 7.75. The van der Waals surface area contributed by atoms with Gasteiger partial charge >= 0.3 is 0 Å². The summed E-state index contributed by atoms with van der Waals surface area (Å²) in [6, 6.07) is 13.8. The molecule has 1 atom stereocenters. The average Bonchev–Trinajstić information content (AvgIpc) is 3.54. The molecule has 0 radical (unpaired) electrons. The van der Waals surface area contributed by atoms with E-state index < -0.39 is 10.0 Å². The van der Waals surface area contributed by atoms with E-state index >= 15 is 0 Å². The molecule has 0 spiro atoms. The summed E-state index contributed by atoms with van der Waals surface area (Å²) in [4.78, 5) is 17.7. The molecule has 0 aliphatic carbocycles. The maximum atomic E-state index is 13.5. The second kappa shape index (κ2) is 8.76. The Morgan fingerprint density at radius 3 is 2.66 bits per heavy atom. The van der Waals surface area contributed by atoms with Crippen molar-refractivity contribution in [3.05, 3.63) is 70.4 Å². The molecule has 1 unspecified atom stereocenters. The van der Waals surface area contributed by atoms with Crippen molar-refractivity contribution < 1.29 is 17.9 Å². The highest BCUT2D eigenvalue weighted by molar-refractivity contribution is 7.90. The lowest BCUT2D eigenvalue weighted by Gasteiger charge is -2.32. The van der Waals surface area contributed by atoms with Crippen molar-refractivity contribution in [2.24, 2.45) is 0 Å². The summed E-state index contributed by atoms with van der Waals surface area (Å²) in [6.45, 7) is 5.15. The first-order valence-corrected chi connectivity index (χ1v) is 14.2. The molecule has 8 heteroatoms. The second-order valence-electron chi connectivity index (χ2n) is 9.76. The van der Waals surface area contributed by atoms with Crippen molar-refractivity contribution in [3.63, 3.8) is 0 Å². The van der Waals surface area contributed by atoms with Crippen molar-refractivity contribution in [3.8, 4) is 0 Å². The van der Waals surface area contributed by atoms with Gasteiger partial charge in [0.05, 0.1) is 11.3 Å². The molecule has 3 aliphatic heterocycles. The topological polar surface area (TPSA) is 71.9 Å². The number of rotatable bonds is 4. The first-order valence-electron chi connectivity index (χ1n) is 12.6. The van der Waals surface area contributed by atoms with E-state index in [1.54, 1.807) is 13.0 Å². The van der Waals surface area contributed by atoms with Crippen LogP contribution < -0.4 is 0 Å². The number of benzene rings is 2. The maximum absolute atomic E-state index is 13.5. The Morgan fingerprint density at radius 1 is 1.06 bits per heavy atom. The lowest BCUT2D eigenvalue weighted by molar-refractivity contribution is -0.0274. The van der Waals surface area contributed by atoms with Gasteiger partial charge in [0.25, 0.3) is 5.91 Å². The third kappa shape index (κ3) is 3.88. The van der Waals surface area contributed by atoms with Gasteiger partial charge in [-0.1, -0.05) is 24.3 Å². The van der Waals surface area contributed by atoms with Crippen LogP contribution in [0.2, 0.25) is 0 Å². The number of nitrogens with zero attached hydrogens (tertiary/aromatic N) is 3. The van der Waals surface area contributed by atoms with Gasteiger partial charge in [-0.3, -0.25) is 9.69 Å². The quantitative estimate of drug-likeness (QED) is 0.556. The zero-order chi connectivity index (χ0) is 24.2. The number of aromatic nitrogens is 1. The Labute approximate surface area is 206 Å². The molecule has 1 amide bonds. The van der Waals surface area contributed by atoms with Crippen LogP contribution in [0.4, 0.5) is 0 Å². The first kappa shape index (κ1) is 22.8. The molecule has 6 rings (SSSR count). The predicted octanol–water partition coefficient (Wildman–Crippen LogP) is 3.53. The minimum absolute atomic E-state index is 0.00644. The van der Waals surface area contributed by atoms with Crippen LogP contribution in [0.3, 0.4) is 0 Å². The van der Waals surface area contributed by atoms with Crippen molar-refractivity contribution in [2.75, 3.05) is 25.4 Å². The molecule has 184 valence electrons. The van der Waals surface area contributed by atoms with E-state index in [4.69, 9.17) is 4.74 Å². The smallest absolute Gasteiger partial charge is 0.254 e. The normalized spacial score (nSPS) is 20.7. The molecular weight excluding hydrogens is 462 g/mol. The van der Waals surface area contributed by atoms with Gasteiger partial charge in [0.15, 0.2) is 0 Å². The zero-order valence-electron chi connectivity index (χ0n) is 20.1. The molecule has 35 heavy (non-hydrogen) atoms. The maximum Gasteiger partial charge on any atom is 0.254 e. The standard InChI is InChI=1S/C27H31N3O4S/c1-2-35(32,33)30-24-10-9-20(27(31)29-13-11-19-6-3-4-7-21(19)17-29)16-22(24)23-18-28(14-12-25(23)30)26-8-5-15-34-26/h3-4,6-7,9-10,16,26H,2,5,8,11-15,17-18H2,1H3. The van der Waals surface area contributed by atoms with Gasteiger partial charge in [-0.15, -0.1) is 0 Å². The minimum Gasteiger partial charge on any atom is -0.363 e. The lowest BCUT2D eigenvalue weighted by atomic mass is 9.98. The molecule has 4 heterocycles. The average molecular weight is 494 g/mol. The van der Waals surface area contributed by atoms with Crippen LogP contribution in [-0.2, 0) is 40.7 Å². The van der Waals surface area contributed by atoms with Crippen LogP contribution in [0, 0.1) is 0 Å². The number of hydrogen-bond donors (Lipinski definition) is 0. The van der Waals surface area contributed by atoms with E-state index in [1.807, 2.05) is 29.2 Å². The monoisotopic (exact) mass is 493 g/mol. The fourth-order valence-corrected chi connectivity index (χ4v) is 7.12. The van der Waals surface area contributed by atoms with Gasteiger partial charge in [0.1, 0.15) is 6.23 Å².